The molecule has 0 aliphatic rings. The lowest BCUT2D eigenvalue weighted by molar-refractivity contribution is -0.142. The summed E-state index contributed by atoms with van der Waals surface area (Å²) in [6.45, 7) is 3.08. The van der Waals surface area contributed by atoms with Gasteiger partial charge < -0.3 is 31.9 Å². The molecule has 2 rings (SSSR count). The van der Waals surface area contributed by atoms with Crippen LogP contribution in [-0.4, -0.2) is 64.7 Å². The fourth-order valence-corrected chi connectivity index (χ4v) is 3.74. The van der Waals surface area contributed by atoms with Gasteiger partial charge in [0.1, 0.15) is 18.1 Å². The molecular weight excluding hydrogens is 476 g/mol. The number of carboxylic acid groups (broad SMARTS) is 1. The van der Waals surface area contributed by atoms with Gasteiger partial charge in [-0.25, -0.2) is 4.79 Å². The molecule has 10 heteroatoms. The van der Waals surface area contributed by atoms with Crippen molar-refractivity contribution in [3.05, 3.63) is 71.8 Å². The summed E-state index contributed by atoms with van der Waals surface area (Å²) in [5.41, 5.74) is 7.44. The second-order valence-electron chi connectivity index (χ2n) is 9.32. The Morgan fingerprint density at radius 1 is 0.730 bits per heavy atom. The van der Waals surface area contributed by atoms with E-state index >= 15 is 0 Å². The van der Waals surface area contributed by atoms with Crippen molar-refractivity contribution >= 4 is 23.7 Å². The lowest BCUT2D eigenvalue weighted by Crippen LogP contribution is -2.58. The van der Waals surface area contributed by atoms with Crippen molar-refractivity contribution in [2.45, 2.75) is 57.3 Å². The zero-order valence-corrected chi connectivity index (χ0v) is 21.1. The topological polar surface area (TPSA) is 171 Å². The van der Waals surface area contributed by atoms with Gasteiger partial charge in [-0.15, -0.1) is 0 Å². The van der Waals surface area contributed by atoms with E-state index in [1.165, 1.54) is 0 Å². The number of nitrogens with one attached hydrogen (secondary N) is 3. The van der Waals surface area contributed by atoms with Gasteiger partial charge in [-0.2, -0.15) is 0 Å². The highest BCUT2D eigenvalue weighted by atomic mass is 16.4. The summed E-state index contributed by atoms with van der Waals surface area (Å²) in [5.74, 6) is -3.17. The first-order chi connectivity index (χ1) is 17.6. The molecule has 200 valence electrons. The number of carboxylic acids is 1. The summed E-state index contributed by atoms with van der Waals surface area (Å²) < 4.78 is 0. The van der Waals surface area contributed by atoms with Crippen molar-refractivity contribution in [3.8, 4) is 0 Å². The maximum Gasteiger partial charge on any atom is 0.326 e. The maximum absolute atomic E-state index is 13.1. The number of amides is 3. The molecule has 0 radical (unpaired) electrons. The predicted octanol–water partition coefficient (Wildman–Crippen LogP) is 0.377. The SMILES string of the molecule is CC(C)CC(N)C(=O)NC(Cc1ccccc1)C(=O)NC(CO)C(=O)NC(Cc1ccccc1)C(=O)O. The summed E-state index contributed by atoms with van der Waals surface area (Å²) in [5, 5.41) is 26.8. The molecule has 4 unspecified atom stereocenters. The number of nitrogens with two attached hydrogens (primary N) is 1. The zero-order valence-electron chi connectivity index (χ0n) is 21.1. The van der Waals surface area contributed by atoms with Crippen LogP contribution in [0.5, 0.6) is 0 Å². The molecule has 0 aliphatic carbocycles. The minimum absolute atomic E-state index is 0.0223. The van der Waals surface area contributed by atoms with Crippen LogP contribution in [0.4, 0.5) is 0 Å². The number of aliphatic hydroxyl groups excluding tert-OH is 1. The van der Waals surface area contributed by atoms with Crippen molar-refractivity contribution in [3.63, 3.8) is 0 Å². The number of rotatable bonds is 14. The molecule has 0 aliphatic heterocycles. The van der Waals surface area contributed by atoms with Gasteiger partial charge in [0.05, 0.1) is 12.6 Å². The first-order valence-corrected chi connectivity index (χ1v) is 12.2. The van der Waals surface area contributed by atoms with Crippen LogP contribution < -0.4 is 21.7 Å². The van der Waals surface area contributed by atoms with Gasteiger partial charge in [0, 0.05) is 12.8 Å². The van der Waals surface area contributed by atoms with Gasteiger partial charge in [-0.1, -0.05) is 74.5 Å². The lowest BCUT2D eigenvalue weighted by Gasteiger charge is -2.25. The summed E-state index contributed by atoms with van der Waals surface area (Å²) >= 11 is 0. The molecule has 0 spiro atoms. The minimum atomic E-state index is -1.43. The Kier molecular flexibility index (Phi) is 11.7. The third-order valence-corrected chi connectivity index (χ3v) is 5.69. The first-order valence-electron chi connectivity index (χ1n) is 12.2. The van der Waals surface area contributed by atoms with E-state index < -0.39 is 54.5 Å². The van der Waals surface area contributed by atoms with Gasteiger partial charge in [-0.3, -0.25) is 14.4 Å². The number of aliphatic hydroxyl groups is 1. The number of aliphatic carboxylic acids is 1. The van der Waals surface area contributed by atoms with Crippen molar-refractivity contribution in [2.75, 3.05) is 6.61 Å². The summed E-state index contributed by atoms with van der Waals surface area (Å²) in [7, 11) is 0. The van der Waals surface area contributed by atoms with Crippen LogP contribution in [0, 0.1) is 5.92 Å². The van der Waals surface area contributed by atoms with E-state index in [1.54, 1.807) is 54.6 Å². The summed E-state index contributed by atoms with van der Waals surface area (Å²) in [6.07, 6.45) is 0.567. The molecule has 0 bridgehead atoms. The fourth-order valence-electron chi connectivity index (χ4n) is 3.74. The Hall–Kier alpha value is -3.76. The monoisotopic (exact) mass is 512 g/mol. The Morgan fingerprint density at radius 2 is 1.16 bits per heavy atom. The Balaban J connectivity index is 2.12. The highest BCUT2D eigenvalue weighted by Crippen LogP contribution is 2.08. The predicted molar refractivity (Wildman–Crippen MR) is 138 cm³/mol. The largest absolute Gasteiger partial charge is 0.480 e. The molecule has 0 saturated heterocycles. The number of benzene rings is 2. The second kappa shape index (κ2) is 14.7. The molecule has 4 atom stereocenters. The molecule has 0 aromatic heterocycles. The zero-order chi connectivity index (χ0) is 27.4. The molecular formula is C27H36N4O6. The maximum atomic E-state index is 13.1. The van der Waals surface area contributed by atoms with Crippen LogP contribution in [0.2, 0.25) is 0 Å². The third kappa shape index (κ3) is 10.0. The fraction of sp³-hybridized carbons (Fsp3) is 0.407. The molecule has 0 saturated carbocycles. The molecule has 37 heavy (non-hydrogen) atoms. The third-order valence-electron chi connectivity index (χ3n) is 5.69. The Morgan fingerprint density at radius 3 is 1.62 bits per heavy atom. The standard InChI is InChI=1S/C27H36N4O6/c1-17(2)13-20(28)24(33)29-21(14-18-9-5-3-6-10-18)25(34)31-23(16-32)26(35)30-22(27(36)37)15-19-11-7-4-8-12-19/h3-12,17,20-23,32H,13-16,28H2,1-2H3,(H,29,33)(H,30,35)(H,31,34)(H,36,37). The van der Waals surface area contributed by atoms with Gasteiger partial charge in [0.25, 0.3) is 0 Å². The minimum Gasteiger partial charge on any atom is -0.480 e. The van der Waals surface area contributed by atoms with Gasteiger partial charge in [-0.05, 0) is 23.5 Å². The number of carbonyl (C=O) groups is 4. The quantitative estimate of drug-likeness (QED) is 0.212. The highest BCUT2D eigenvalue weighted by molar-refractivity contribution is 5.94. The van der Waals surface area contributed by atoms with Crippen LogP contribution in [-0.2, 0) is 32.0 Å². The van der Waals surface area contributed by atoms with Crippen molar-refractivity contribution in [1.82, 2.24) is 16.0 Å². The average molecular weight is 513 g/mol. The van der Waals surface area contributed by atoms with E-state index in [2.05, 4.69) is 16.0 Å². The average Bonchev–Trinajstić information content (AvgIpc) is 2.86. The normalized spacial score (nSPS) is 14.2. The van der Waals surface area contributed by atoms with Crippen LogP contribution in [0.3, 0.4) is 0 Å². The van der Waals surface area contributed by atoms with E-state index in [4.69, 9.17) is 5.73 Å². The van der Waals surface area contributed by atoms with Crippen LogP contribution in [0.15, 0.2) is 60.7 Å². The van der Waals surface area contributed by atoms with Crippen molar-refractivity contribution in [2.24, 2.45) is 11.7 Å². The molecule has 2 aromatic carbocycles. The molecule has 7 N–H and O–H groups in total. The van der Waals surface area contributed by atoms with Crippen LogP contribution in [0.25, 0.3) is 0 Å². The van der Waals surface area contributed by atoms with Gasteiger partial charge >= 0.3 is 5.97 Å². The highest BCUT2D eigenvalue weighted by Gasteiger charge is 2.30. The number of hydrogen-bond donors (Lipinski definition) is 6. The van der Waals surface area contributed by atoms with Gasteiger partial charge in [0.15, 0.2) is 0 Å². The van der Waals surface area contributed by atoms with Gasteiger partial charge in [0.2, 0.25) is 17.7 Å². The van der Waals surface area contributed by atoms with E-state index in [9.17, 15) is 29.4 Å². The van der Waals surface area contributed by atoms with Crippen LogP contribution >= 0.6 is 0 Å². The van der Waals surface area contributed by atoms with Crippen molar-refractivity contribution < 1.29 is 29.4 Å². The van der Waals surface area contributed by atoms with Crippen molar-refractivity contribution in [1.29, 1.82) is 0 Å². The molecule has 2 aromatic rings. The molecule has 3 amide bonds. The number of hydrogen-bond acceptors (Lipinski definition) is 6. The van der Waals surface area contributed by atoms with E-state index in [0.29, 0.717) is 12.0 Å². The smallest absolute Gasteiger partial charge is 0.326 e. The first kappa shape index (κ1) is 29.5. The lowest BCUT2D eigenvalue weighted by atomic mass is 10.0. The van der Waals surface area contributed by atoms with E-state index in [-0.39, 0.29) is 18.8 Å². The van der Waals surface area contributed by atoms with E-state index in [1.807, 2.05) is 19.9 Å². The Labute approximate surface area is 216 Å². The summed E-state index contributed by atoms with van der Waals surface area (Å²) in [4.78, 5) is 50.3. The molecule has 0 heterocycles. The van der Waals surface area contributed by atoms with Crippen LogP contribution in [0.1, 0.15) is 31.4 Å². The Bertz CT molecular complexity index is 1030. The molecule has 10 nitrogen and oxygen atoms in total. The second-order valence-corrected chi connectivity index (χ2v) is 9.32. The summed E-state index contributed by atoms with van der Waals surface area (Å²) in [6, 6.07) is 13.1. The molecule has 0 fully saturated rings. The van der Waals surface area contributed by atoms with E-state index in [0.717, 1.165) is 5.56 Å². The number of carbonyl (C=O) groups excluding carboxylic acids is 3.